The molecule has 0 atom stereocenters. The van der Waals surface area contributed by atoms with Crippen LogP contribution in [0.1, 0.15) is 5.56 Å². The van der Waals surface area contributed by atoms with Crippen LogP contribution < -0.4 is 5.32 Å². The Balaban J connectivity index is 1.88. The van der Waals surface area contributed by atoms with Crippen molar-refractivity contribution in [1.29, 1.82) is 0 Å². The largest absolute Gasteiger partial charge is 0.365 e. The van der Waals surface area contributed by atoms with Crippen molar-refractivity contribution in [2.75, 3.05) is 5.32 Å². The van der Waals surface area contributed by atoms with Crippen LogP contribution in [0.4, 0.5) is 5.82 Å². The molecule has 0 aliphatic rings. The van der Waals surface area contributed by atoms with Crippen molar-refractivity contribution >= 4 is 28.5 Å². The van der Waals surface area contributed by atoms with Crippen LogP contribution >= 0.6 is 11.6 Å². The van der Waals surface area contributed by atoms with E-state index in [9.17, 15) is 0 Å². The van der Waals surface area contributed by atoms with Gasteiger partial charge >= 0.3 is 0 Å². The molecule has 0 unspecified atom stereocenters. The van der Waals surface area contributed by atoms with Gasteiger partial charge < -0.3 is 5.32 Å². The molecule has 0 spiro atoms. The van der Waals surface area contributed by atoms with Crippen LogP contribution in [0.25, 0.3) is 11.0 Å². The smallest absolute Gasteiger partial charge is 0.226 e. The number of H-pyrrole nitrogens is 1. The first-order chi connectivity index (χ1) is 8.83. The number of pyridine rings is 1. The van der Waals surface area contributed by atoms with Gasteiger partial charge in [-0.1, -0.05) is 0 Å². The molecule has 0 fully saturated rings. The highest BCUT2D eigenvalue weighted by Gasteiger charge is 2.07. The summed E-state index contributed by atoms with van der Waals surface area (Å²) in [5.74, 6) is 0.663. The molecule has 3 aromatic rings. The summed E-state index contributed by atoms with van der Waals surface area (Å²) in [6.45, 7) is 0.635. The molecule has 0 radical (unpaired) electrons. The monoisotopic (exact) mass is 260 g/mol. The second-order valence-corrected chi connectivity index (χ2v) is 4.02. The first kappa shape index (κ1) is 10.9. The molecule has 0 aromatic carbocycles. The van der Waals surface area contributed by atoms with Crippen molar-refractivity contribution in [3.63, 3.8) is 0 Å². The highest BCUT2D eigenvalue weighted by Crippen LogP contribution is 2.20. The highest BCUT2D eigenvalue weighted by atomic mass is 35.5. The Morgan fingerprint density at radius 1 is 1.22 bits per heavy atom. The van der Waals surface area contributed by atoms with E-state index >= 15 is 0 Å². The van der Waals surface area contributed by atoms with Crippen molar-refractivity contribution in [1.82, 2.24) is 25.1 Å². The third-order valence-electron chi connectivity index (χ3n) is 2.49. The van der Waals surface area contributed by atoms with Gasteiger partial charge in [-0.05, 0) is 29.3 Å². The molecule has 0 bridgehead atoms. The maximum atomic E-state index is 5.84. The van der Waals surface area contributed by atoms with Gasteiger partial charge in [0.2, 0.25) is 5.28 Å². The molecule has 90 valence electrons. The highest BCUT2D eigenvalue weighted by molar-refractivity contribution is 6.28. The summed E-state index contributed by atoms with van der Waals surface area (Å²) in [6.07, 6.45) is 5.16. The molecule has 0 saturated heterocycles. The molecule has 7 heteroatoms. The summed E-state index contributed by atoms with van der Waals surface area (Å²) >= 11 is 5.84. The lowest BCUT2D eigenvalue weighted by Crippen LogP contribution is -2.02. The van der Waals surface area contributed by atoms with E-state index in [1.54, 1.807) is 18.6 Å². The molecule has 3 rings (SSSR count). The number of halogens is 1. The average Bonchev–Trinajstić information content (AvgIpc) is 2.85. The lowest BCUT2D eigenvalue weighted by molar-refractivity contribution is 1.07. The molecule has 2 N–H and O–H groups in total. The van der Waals surface area contributed by atoms with Crippen molar-refractivity contribution < 1.29 is 0 Å². The van der Waals surface area contributed by atoms with Gasteiger partial charge in [0, 0.05) is 18.9 Å². The number of rotatable bonds is 3. The summed E-state index contributed by atoms with van der Waals surface area (Å²) in [7, 11) is 0. The Kier molecular flexibility index (Phi) is 2.77. The van der Waals surface area contributed by atoms with Crippen molar-refractivity contribution in [3.8, 4) is 0 Å². The SMILES string of the molecule is Clc1nc(NCc2ccncc2)c2cn[nH]c2n1. The minimum absolute atomic E-state index is 0.184. The number of anilines is 1. The fourth-order valence-corrected chi connectivity index (χ4v) is 1.80. The lowest BCUT2D eigenvalue weighted by atomic mass is 10.2. The van der Waals surface area contributed by atoms with Crippen LogP contribution in [0.5, 0.6) is 0 Å². The maximum Gasteiger partial charge on any atom is 0.226 e. The average molecular weight is 261 g/mol. The first-order valence-corrected chi connectivity index (χ1v) is 5.70. The molecule has 3 aromatic heterocycles. The zero-order chi connectivity index (χ0) is 12.4. The second kappa shape index (κ2) is 4.58. The number of hydrogen-bond acceptors (Lipinski definition) is 5. The van der Waals surface area contributed by atoms with E-state index in [0.717, 1.165) is 10.9 Å². The van der Waals surface area contributed by atoms with E-state index in [0.29, 0.717) is 18.0 Å². The third kappa shape index (κ3) is 2.10. The van der Waals surface area contributed by atoms with Gasteiger partial charge in [0.05, 0.1) is 11.6 Å². The zero-order valence-corrected chi connectivity index (χ0v) is 10.0. The van der Waals surface area contributed by atoms with Crippen LogP contribution in [-0.4, -0.2) is 25.1 Å². The molecule has 0 saturated carbocycles. The van der Waals surface area contributed by atoms with E-state index < -0.39 is 0 Å². The van der Waals surface area contributed by atoms with Gasteiger partial charge in [-0.25, -0.2) is 0 Å². The number of nitrogens with zero attached hydrogens (tertiary/aromatic N) is 4. The quantitative estimate of drug-likeness (QED) is 0.704. The summed E-state index contributed by atoms with van der Waals surface area (Å²) < 4.78 is 0. The predicted molar refractivity (Wildman–Crippen MR) is 68.3 cm³/mol. The fourth-order valence-electron chi connectivity index (χ4n) is 1.63. The topological polar surface area (TPSA) is 79.4 Å². The number of aromatic amines is 1. The fraction of sp³-hybridized carbons (Fsp3) is 0.0909. The van der Waals surface area contributed by atoms with E-state index in [1.807, 2.05) is 12.1 Å². The molecular weight excluding hydrogens is 252 g/mol. The minimum Gasteiger partial charge on any atom is -0.365 e. The van der Waals surface area contributed by atoms with Gasteiger partial charge in [0.15, 0.2) is 5.65 Å². The van der Waals surface area contributed by atoms with E-state index in [-0.39, 0.29) is 5.28 Å². The maximum absolute atomic E-state index is 5.84. The van der Waals surface area contributed by atoms with Crippen molar-refractivity contribution in [2.24, 2.45) is 0 Å². The number of fused-ring (bicyclic) bond motifs is 1. The van der Waals surface area contributed by atoms with Gasteiger partial charge in [0.1, 0.15) is 5.82 Å². The number of aromatic nitrogens is 5. The Labute approximate surface area is 107 Å². The molecule has 3 heterocycles. The Hall–Kier alpha value is -2.21. The Morgan fingerprint density at radius 3 is 2.89 bits per heavy atom. The molecule has 0 amide bonds. The van der Waals surface area contributed by atoms with E-state index in [2.05, 4.69) is 30.5 Å². The molecular formula is C11H9ClN6. The van der Waals surface area contributed by atoms with Crippen LogP contribution in [-0.2, 0) is 6.54 Å². The Morgan fingerprint density at radius 2 is 2.06 bits per heavy atom. The molecule has 18 heavy (non-hydrogen) atoms. The third-order valence-corrected chi connectivity index (χ3v) is 2.66. The second-order valence-electron chi connectivity index (χ2n) is 3.68. The van der Waals surface area contributed by atoms with E-state index in [1.165, 1.54) is 0 Å². The summed E-state index contributed by atoms with van der Waals surface area (Å²) in [4.78, 5) is 12.2. The molecule has 0 aliphatic heterocycles. The van der Waals surface area contributed by atoms with Crippen LogP contribution in [0.2, 0.25) is 5.28 Å². The normalized spacial score (nSPS) is 10.7. The van der Waals surface area contributed by atoms with Gasteiger partial charge in [-0.15, -0.1) is 0 Å². The van der Waals surface area contributed by atoms with Crippen molar-refractivity contribution in [2.45, 2.75) is 6.54 Å². The summed E-state index contributed by atoms with van der Waals surface area (Å²) in [5.41, 5.74) is 1.73. The summed E-state index contributed by atoms with van der Waals surface area (Å²) in [5, 5.41) is 10.9. The number of hydrogen-bond donors (Lipinski definition) is 2. The number of nitrogens with one attached hydrogen (secondary N) is 2. The van der Waals surface area contributed by atoms with Gasteiger partial charge in [-0.3, -0.25) is 10.1 Å². The zero-order valence-electron chi connectivity index (χ0n) is 9.26. The van der Waals surface area contributed by atoms with E-state index in [4.69, 9.17) is 11.6 Å². The first-order valence-electron chi connectivity index (χ1n) is 5.32. The van der Waals surface area contributed by atoms with Gasteiger partial charge in [-0.2, -0.15) is 15.1 Å². The molecule has 0 aliphatic carbocycles. The Bertz CT molecular complexity index is 666. The standard InChI is InChI=1S/C11H9ClN6/c12-11-16-9(8-6-15-18-10(8)17-11)14-5-7-1-3-13-4-2-7/h1-4,6H,5H2,(H2,14,15,16,17,18). The van der Waals surface area contributed by atoms with Crippen LogP contribution in [0.15, 0.2) is 30.7 Å². The van der Waals surface area contributed by atoms with Crippen molar-refractivity contribution in [3.05, 3.63) is 41.6 Å². The summed E-state index contributed by atoms with van der Waals surface area (Å²) in [6, 6.07) is 3.87. The lowest BCUT2D eigenvalue weighted by Gasteiger charge is -2.06. The van der Waals surface area contributed by atoms with Gasteiger partial charge in [0.25, 0.3) is 0 Å². The van der Waals surface area contributed by atoms with Crippen LogP contribution in [0.3, 0.4) is 0 Å². The molecule has 6 nitrogen and oxygen atoms in total. The predicted octanol–water partition coefficient (Wildman–Crippen LogP) is 2.01. The van der Waals surface area contributed by atoms with Crippen LogP contribution in [0, 0.1) is 0 Å². The minimum atomic E-state index is 0.184.